The molecule has 0 spiro atoms. The first-order valence-electron chi connectivity index (χ1n) is 8.96. The largest absolute Gasteiger partial charge is 0.348 e. The molecular weight excluding hydrogens is 392 g/mol. The number of nitrogens with one attached hydrogen (secondary N) is 1. The Morgan fingerprint density at radius 1 is 1.29 bits per heavy atom. The van der Waals surface area contributed by atoms with Crippen LogP contribution in [0, 0.1) is 6.92 Å². The summed E-state index contributed by atoms with van der Waals surface area (Å²) in [4.78, 5) is 22.6. The molecule has 1 N–H and O–H groups in total. The third-order valence-corrected chi connectivity index (χ3v) is 5.76. The van der Waals surface area contributed by atoms with Gasteiger partial charge < -0.3 is 5.32 Å². The fourth-order valence-electron chi connectivity index (χ4n) is 3.12. The Balaban J connectivity index is 1.55. The molecule has 7 heteroatoms. The molecule has 0 aliphatic heterocycles. The van der Waals surface area contributed by atoms with Crippen LogP contribution in [-0.4, -0.2) is 26.3 Å². The summed E-state index contributed by atoms with van der Waals surface area (Å²) in [5.41, 5.74) is 4.29. The minimum absolute atomic E-state index is 0.0393. The molecule has 1 aromatic carbocycles. The van der Waals surface area contributed by atoms with Crippen LogP contribution in [0.15, 0.2) is 54.2 Å². The molecular formula is C21H19ClN4OS. The Morgan fingerprint density at radius 3 is 2.89 bits per heavy atom. The fraction of sp³-hybridized carbons (Fsp3) is 0.190. The highest BCUT2D eigenvalue weighted by molar-refractivity contribution is 7.15. The normalized spacial score (nSPS) is 12.2. The number of carbonyl (C=O) groups is 1. The van der Waals surface area contributed by atoms with Crippen LogP contribution in [0.3, 0.4) is 0 Å². The smallest absolute Gasteiger partial charge is 0.269 e. The van der Waals surface area contributed by atoms with Gasteiger partial charge in [-0.15, -0.1) is 11.3 Å². The van der Waals surface area contributed by atoms with Crippen LogP contribution in [0.2, 0.25) is 5.02 Å². The maximum atomic E-state index is 12.8. The van der Waals surface area contributed by atoms with Gasteiger partial charge in [-0.25, -0.2) is 4.98 Å². The third kappa shape index (κ3) is 3.66. The van der Waals surface area contributed by atoms with E-state index in [9.17, 15) is 4.79 Å². The van der Waals surface area contributed by atoms with E-state index < -0.39 is 0 Å². The van der Waals surface area contributed by atoms with Gasteiger partial charge in [-0.05, 0) is 31.5 Å². The summed E-state index contributed by atoms with van der Waals surface area (Å²) in [6.07, 6.45) is 4.32. The second-order valence-corrected chi connectivity index (χ2v) is 7.97. The van der Waals surface area contributed by atoms with Gasteiger partial charge in [0.15, 0.2) is 4.96 Å². The average molecular weight is 411 g/mol. The van der Waals surface area contributed by atoms with Crippen LogP contribution < -0.4 is 5.32 Å². The van der Waals surface area contributed by atoms with E-state index in [1.165, 1.54) is 11.3 Å². The van der Waals surface area contributed by atoms with Crippen molar-refractivity contribution in [2.24, 2.45) is 0 Å². The van der Waals surface area contributed by atoms with Crippen LogP contribution in [0.4, 0.5) is 0 Å². The van der Waals surface area contributed by atoms with E-state index in [0.29, 0.717) is 17.1 Å². The van der Waals surface area contributed by atoms with E-state index in [4.69, 9.17) is 11.6 Å². The number of aryl methyl sites for hydroxylation is 1. The van der Waals surface area contributed by atoms with E-state index >= 15 is 0 Å². The molecule has 4 rings (SSSR count). The van der Waals surface area contributed by atoms with Crippen LogP contribution in [-0.2, 0) is 6.42 Å². The third-order valence-electron chi connectivity index (χ3n) is 4.59. The van der Waals surface area contributed by atoms with Gasteiger partial charge in [-0.1, -0.05) is 35.9 Å². The first kappa shape index (κ1) is 18.7. The van der Waals surface area contributed by atoms with Gasteiger partial charge in [0.1, 0.15) is 5.69 Å². The predicted octanol–water partition coefficient (Wildman–Crippen LogP) is 4.78. The van der Waals surface area contributed by atoms with Crippen molar-refractivity contribution < 1.29 is 4.79 Å². The van der Waals surface area contributed by atoms with Crippen molar-refractivity contribution >= 4 is 33.8 Å². The lowest BCUT2D eigenvalue weighted by molar-refractivity contribution is 0.0934. The molecule has 0 aliphatic rings. The number of imidazole rings is 1. The minimum Gasteiger partial charge on any atom is -0.348 e. The van der Waals surface area contributed by atoms with E-state index in [1.807, 2.05) is 66.2 Å². The summed E-state index contributed by atoms with van der Waals surface area (Å²) in [5, 5.41) is 5.53. The molecule has 4 aromatic rings. The summed E-state index contributed by atoms with van der Waals surface area (Å²) in [6, 6.07) is 11.5. The molecule has 28 heavy (non-hydrogen) atoms. The summed E-state index contributed by atoms with van der Waals surface area (Å²) in [7, 11) is 0. The highest BCUT2D eigenvalue weighted by atomic mass is 35.5. The number of nitrogens with zero attached hydrogens (tertiary/aromatic N) is 3. The van der Waals surface area contributed by atoms with Crippen molar-refractivity contribution in [3.8, 4) is 11.3 Å². The molecule has 3 aromatic heterocycles. The van der Waals surface area contributed by atoms with Crippen molar-refractivity contribution in [1.82, 2.24) is 19.7 Å². The highest BCUT2D eigenvalue weighted by Crippen LogP contribution is 2.29. The van der Waals surface area contributed by atoms with Crippen molar-refractivity contribution in [3.63, 3.8) is 0 Å². The van der Waals surface area contributed by atoms with Crippen LogP contribution in [0.5, 0.6) is 0 Å². The van der Waals surface area contributed by atoms with Gasteiger partial charge in [-0.2, -0.15) is 0 Å². The molecule has 3 heterocycles. The second kappa shape index (κ2) is 7.73. The quantitative estimate of drug-likeness (QED) is 0.515. The second-order valence-electron chi connectivity index (χ2n) is 6.73. The van der Waals surface area contributed by atoms with Gasteiger partial charge in [0.25, 0.3) is 5.91 Å². The number of hydrogen-bond acceptors (Lipinski definition) is 4. The zero-order valence-electron chi connectivity index (χ0n) is 15.5. The zero-order valence-corrected chi connectivity index (χ0v) is 17.1. The Morgan fingerprint density at radius 2 is 2.11 bits per heavy atom. The molecule has 0 saturated carbocycles. The standard InChI is InChI=1S/C21H19ClN4OS/c1-13-6-5-9-23-17(13)10-14(2)24-20(27)19-12-28-21-25-18(11-26(19)21)15-7-3-4-8-16(15)22/h3-9,11-12,14H,10H2,1-2H3,(H,24,27)/t14-/m1/s1. The number of amides is 1. The topological polar surface area (TPSA) is 59.3 Å². The molecule has 1 atom stereocenters. The van der Waals surface area contributed by atoms with Crippen molar-refractivity contribution in [2.75, 3.05) is 0 Å². The Kier molecular flexibility index (Phi) is 5.15. The molecule has 0 aliphatic carbocycles. The summed E-state index contributed by atoms with van der Waals surface area (Å²) in [5.74, 6) is -0.129. The lowest BCUT2D eigenvalue weighted by atomic mass is 10.1. The van der Waals surface area contributed by atoms with E-state index in [0.717, 1.165) is 27.5 Å². The monoisotopic (exact) mass is 410 g/mol. The Labute approximate surface area is 172 Å². The van der Waals surface area contributed by atoms with Gasteiger partial charge in [0, 0.05) is 41.5 Å². The number of hydrogen-bond donors (Lipinski definition) is 1. The molecule has 1 amide bonds. The number of carbonyl (C=O) groups excluding carboxylic acids is 1. The fourth-order valence-corrected chi connectivity index (χ4v) is 4.20. The van der Waals surface area contributed by atoms with E-state index in [-0.39, 0.29) is 11.9 Å². The average Bonchev–Trinajstić information content (AvgIpc) is 3.24. The molecule has 0 bridgehead atoms. The number of halogens is 1. The SMILES string of the molecule is Cc1cccnc1C[C@@H](C)NC(=O)c1csc2nc(-c3ccccc3Cl)cn12. The highest BCUT2D eigenvalue weighted by Gasteiger charge is 2.18. The minimum atomic E-state index is -0.129. The lowest BCUT2D eigenvalue weighted by Gasteiger charge is -2.14. The molecule has 0 radical (unpaired) electrons. The van der Waals surface area contributed by atoms with E-state index in [1.54, 1.807) is 6.20 Å². The molecule has 5 nitrogen and oxygen atoms in total. The summed E-state index contributed by atoms with van der Waals surface area (Å²) < 4.78 is 1.82. The maximum absolute atomic E-state index is 12.8. The van der Waals surface area contributed by atoms with Crippen LogP contribution in [0.1, 0.15) is 28.7 Å². The lowest BCUT2D eigenvalue weighted by Crippen LogP contribution is -2.35. The number of pyridine rings is 1. The molecule has 0 saturated heterocycles. The molecule has 0 unspecified atom stereocenters. The van der Waals surface area contributed by atoms with Gasteiger partial charge in [-0.3, -0.25) is 14.2 Å². The number of fused-ring (bicyclic) bond motifs is 1. The first-order chi connectivity index (χ1) is 13.5. The Bertz CT molecular complexity index is 1150. The Hall–Kier alpha value is -2.70. The number of benzene rings is 1. The van der Waals surface area contributed by atoms with Gasteiger partial charge in [0.05, 0.1) is 10.7 Å². The summed E-state index contributed by atoms with van der Waals surface area (Å²) in [6.45, 7) is 4.01. The zero-order chi connectivity index (χ0) is 19.7. The molecule has 0 fully saturated rings. The number of thiazole rings is 1. The predicted molar refractivity (Wildman–Crippen MR) is 113 cm³/mol. The van der Waals surface area contributed by atoms with Crippen molar-refractivity contribution in [3.05, 3.63) is 76.1 Å². The number of aromatic nitrogens is 3. The van der Waals surface area contributed by atoms with Gasteiger partial charge >= 0.3 is 0 Å². The maximum Gasteiger partial charge on any atom is 0.269 e. The number of rotatable bonds is 5. The summed E-state index contributed by atoms with van der Waals surface area (Å²) >= 11 is 7.72. The van der Waals surface area contributed by atoms with Crippen LogP contribution in [0.25, 0.3) is 16.2 Å². The van der Waals surface area contributed by atoms with Crippen molar-refractivity contribution in [2.45, 2.75) is 26.3 Å². The van der Waals surface area contributed by atoms with Gasteiger partial charge in [0.2, 0.25) is 0 Å². The van der Waals surface area contributed by atoms with Crippen molar-refractivity contribution in [1.29, 1.82) is 0 Å². The first-order valence-corrected chi connectivity index (χ1v) is 10.2. The van der Waals surface area contributed by atoms with E-state index in [2.05, 4.69) is 15.3 Å². The molecule has 142 valence electrons. The van der Waals surface area contributed by atoms with Crippen LogP contribution >= 0.6 is 22.9 Å².